The average Bonchev–Trinajstić information content (AvgIpc) is 3.35. The number of carbonyl (C=O) groups excluding carboxylic acids is 2. The molecular formula is C28H39N3O2. The Morgan fingerprint density at radius 2 is 1.55 bits per heavy atom. The number of likely N-dealkylation sites (tertiary alicyclic amines) is 1. The van der Waals surface area contributed by atoms with Crippen LogP contribution in [0.1, 0.15) is 82.6 Å². The lowest BCUT2D eigenvalue weighted by atomic mass is 9.38. The zero-order chi connectivity index (χ0) is 22.7. The third kappa shape index (κ3) is 3.53. The highest BCUT2D eigenvalue weighted by atomic mass is 16.2. The molecule has 4 atom stereocenters. The molecule has 33 heavy (non-hydrogen) atoms. The molecule has 4 unspecified atom stereocenters. The molecule has 6 fully saturated rings. The van der Waals surface area contributed by atoms with Crippen LogP contribution < -0.4 is 11.1 Å². The molecule has 1 aromatic rings. The van der Waals surface area contributed by atoms with Crippen LogP contribution in [0, 0.1) is 16.7 Å². The van der Waals surface area contributed by atoms with Crippen LogP contribution in [0.3, 0.4) is 0 Å². The van der Waals surface area contributed by atoms with Gasteiger partial charge in [-0.3, -0.25) is 9.59 Å². The molecule has 178 valence electrons. The minimum absolute atomic E-state index is 0.0533. The van der Waals surface area contributed by atoms with Crippen LogP contribution >= 0.6 is 0 Å². The third-order valence-corrected chi connectivity index (χ3v) is 9.89. The van der Waals surface area contributed by atoms with Crippen LogP contribution in [0.2, 0.25) is 0 Å². The molecule has 0 aromatic heterocycles. The number of nitrogens with zero attached hydrogens (tertiary/aromatic N) is 1. The summed E-state index contributed by atoms with van der Waals surface area (Å²) in [4.78, 5) is 30.2. The summed E-state index contributed by atoms with van der Waals surface area (Å²) in [5, 5.41) is 3.47. The second-order valence-corrected chi connectivity index (χ2v) is 12.3. The summed E-state index contributed by atoms with van der Waals surface area (Å²) < 4.78 is 0. The van der Waals surface area contributed by atoms with Gasteiger partial charge in [0.15, 0.2) is 0 Å². The van der Waals surface area contributed by atoms with Crippen molar-refractivity contribution in [3.05, 3.63) is 35.9 Å². The molecule has 1 heterocycles. The molecule has 4 bridgehead atoms. The van der Waals surface area contributed by atoms with E-state index < -0.39 is 5.41 Å². The van der Waals surface area contributed by atoms with Crippen LogP contribution in [-0.4, -0.2) is 41.9 Å². The van der Waals surface area contributed by atoms with E-state index in [1.54, 1.807) is 0 Å². The summed E-state index contributed by atoms with van der Waals surface area (Å²) in [5.41, 5.74) is 6.62. The minimum Gasteiger partial charge on any atom is -0.353 e. The molecule has 7 rings (SSSR count). The van der Waals surface area contributed by atoms with E-state index in [0.29, 0.717) is 11.8 Å². The van der Waals surface area contributed by atoms with Gasteiger partial charge in [0.25, 0.3) is 0 Å². The zero-order valence-corrected chi connectivity index (χ0v) is 19.9. The van der Waals surface area contributed by atoms with Crippen molar-refractivity contribution in [3.8, 4) is 0 Å². The normalized spacial score (nSPS) is 41.8. The standard InChI is InChI=1S/C28H39N3O2/c29-22-8-10-23(11-9-22)30-24(32)27-15-20-14-26(17-27,21-6-2-1-3-7-21)18-28(16-20,19-27)25(33)31-12-4-5-13-31/h1-3,6-7,20,22-23H,4-5,8-19,29H2,(H,30,32). The maximum absolute atomic E-state index is 14.0. The molecule has 2 amide bonds. The summed E-state index contributed by atoms with van der Waals surface area (Å²) >= 11 is 0. The number of carbonyl (C=O) groups is 2. The molecule has 1 aliphatic heterocycles. The predicted molar refractivity (Wildman–Crippen MR) is 128 cm³/mol. The van der Waals surface area contributed by atoms with Crippen molar-refractivity contribution in [1.82, 2.24) is 10.2 Å². The first-order chi connectivity index (χ1) is 15.9. The van der Waals surface area contributed by atoms with E-state index >= 15 is 0 Å². The first kappa shape index (κ1) is 21.6. The fourth-order valence-corrected chi connectivity index (χ4v) is 8.90. The number of benzene rings is 1. The summed E-state index contributed by atoms with van der Waals surface area (Å²) in [5.74, 6) is 1.04. The van der Waals surface area contributed by atoms with Gasteiger partial charge in [-0.25, -0.2) is 0 Å². The van der Waals surface area contributed by atoms with Gasteiger partial charge in [0.1, 0.15) is 0 Å². The second kappa shape index (κ2) is 7.83. The van der Waals surface area contributed by atoms with Gasteiger partial charge >= 0.3 is 0 Å². The quantitative estimate of drug-likeness (QED) is 0.732. The van der Waals surface area contributed by atoms with Crippen LogP contribution in [0.15, 0.2) is 30.3 Å². The lowest BCUT2D eigenvalue weighted by Gasteiger charge is -2.66. The molecule has 3 N–H and O–H groups in total. The van der Waals surface area contributed by atoms with E-state index in [-0.39, 0.29) is 28.8 Å². The van der Waals surface area contributed by atoms with E-state index in [4.69, 9.17) is 5.73 Å². The summed E-state index contributed by atoms with van der Waals surface area (Å²) in [6.45, 7) is 1.79. The SMILES string of the molecule is NC1CCC(NC(=O)C23CC4CC(C(=O)N5CCCC5)(C2)CC(c2ccccc2)(C4)C3)CC1. The minimum atomic E-state index is -0.412. The van der Waals surface area contributed by atoms with Crippen LogP contribution in [0.25, 0.3) is 0 Å². The molecule has 5 nitrogen and oxygen atoms in total. The number of hydrogen-bond donors (Lipinski definition) is 2. The lowest BCUT2D eigenvalue weighted by Crippen LogP contribution is -2.66. The number of hydrogen-bond acceptors (Lipinski definition) is 3. The van der Waals surface area contributed by atoms with Gasteiger partial charge in [-0.15, -0.1) is 0 Å². The largest absolute Gasteiger partial charge is 0.353 e. The van der Waals surface area contributed by atoms with E-state index in [9.17, 15) is 9.59 Å². The molecule has 0 radical (unpaired) electrons. The molecule has 1 aromatic carbocycles. The fraction of sp³-hybridized carbons (Fsp3) is 0.714. The molecule has 6 aliphatic rings. The Kier molecular flexibility index (Phi) is 5.13. The molecule has 5 heteroatoms. The predicted octanol–water partition coefficient (Wildman–Crippen LogP) is 3.90. The summed E-state index contributed by atoms with van der Waals surface area (Å²) in [7, 11) is 0. The summed E-state index contributed by atoms with van der Waals surface area (Å²) in [6, 6.07) is 11.3. The highest BCUT2D eigenvalue weighted by Gasteiger charge is 2.68. The average molecular weight is 450 g/mol. The van der Waals surface area contributed by atoms with Crippen LogP contribution in [0.5, 0.6) is 0 Å². The van der Waals surface area contributed by atoms with Crippen molar-refractivity contribution in [2.45, 2.75) is 94.5 Å². The van der Waals surface area contributed by atoms with Crippen molar-refractivity contribution >= 4 is 11.8 Å². The number of amides is 2. The molecule has 0 spiro atoms. The Labute approximate surface area is 197 Å². The maximum atomic E-state index is 14.0. The number of rotatable bonds is 4. The Morgan fingerprint density at radius 1 is 0.879 bits per heavy atom. The highest BCUT2D eigenvalue weighted by Crippen LogP contribution is 2.70. The Morgan fingerprint density at radius 3 is 2.27 bits per heavy atom. The Bertz CT molecular complexity index is 920. The third-order valence-electron chi connectivity index (χ3n) is 9.89. The first-order valence-corrected chi connectivity index (χ1v) is 13.3. The number of nitrogens with one attached hydrogen (secondary N) is 1. The van der Waals surface area contributed by atoms with Gasteiger partial charge in [-0.2, -0.15) is 0 Å². The van der Waals surface area contributed by atoms with Gasteiger partial charge in [0.05, 0.1) is 10.8 Å². The van der Waals surface area contributed by atoms with E-state index in [1.165, 1.54) is 5.56 Å². The van der Waals surface area contributed by atoms with Gasteiger partial charge in [0, 0.05) is 25.2 Å². The van der Waals surface area contributed by atoms with Gasteiger partial charge < -0.3 is 16.0 Å². The van der Waals surface area contributed by atoms with Crippen LogP contribution in [0.4, 0.5) is 0 Å². The topological polar surface area (TPSA) is 75.4 Å². The lowest BCUT2D eigenvalue weighted by molar-refractivity contribution is -0.178. The van der Waals surface area contributed by atoms with Crippen molar-refractivity contribution < 1.29 is 9.59 Å². The Balaban J connectivity index is 1.35. The van der Waals surface area contributed by atoms with Crippen molar-refractivity contribution in [2.24, 2.45) is 22.5 Å². The van der Waals surface area contributed by atoms with Gasteiger partial charge in [-0.1, -0.05) is 30.3 Å². The fourth-order valence-electron chi connectivity index (χ4n) is 8.90. The van der Waals surface area contributed by atoms with Crippen molar-refractivity contribution in [3.63, 3.8) is 0 Å². The number of nitrogens with two attached hydrogens (primary N) is 1. The summed E-state index contributed by atoms with van der Waals surface area (Å²) in [6.07, 6.45) is 11.8. The van der Waals surface area contributed by atoms with Gasteiger partial charge in [0.2, 0.25) is 11.8 Å². The first-order valence-electron chi connectivity index (χ1n) is 13.3. The molecule has 5 aliphatic carbocycles. The smallest absolute Gasteiger partial charge is 0.228 e. The van der Waals surface area contributed by atoms with Crippen LogP contribution in [-0.2, 0) is 15.0 Å². The van der Waals surface area contributed by atoms with Crippen molar-refractivity contribution in [2.75, 3.05) is 13.1 Å². The Hall–Kier alpha value is -1.88. The van der Waals surface area contributed by atoms with E-state index in [2.05, 4.69) is 40.5 Å². The van der Waals surface area contributed by atoms with E-state index in [0.717, 1.165) is 90.1 Å². The molecule has 1 saturated heterocycles. The van der Waals surface area contributed by atoms with Crippen molar-refractivity contribution in [1.29, 1.82) is 0 Å². The van der Waals surface area contributed by atoms with Gasteiger partial charge in [-0.05, 0) is 93.9 Å². The monoisotopic (exact) mass is 449 g/mol. The maximum Gasteiger partial charge on any atom is 0.228 e. The van der Waals surface area contributed by atoms with E-state index in [1.807, 2.05) is 0 Å². The zero-order valence-electron chi connectivity index (χ0n) is 19.9. The highest BCUT2D eigenvalue weighted by molar-refractivity contribution is 5.89. The second-order valence-electron chi connectivity index (χ2n) is 12.3. The molecule has 5 saturated carbocycles. The molecular weight excluding hydrogens is 410 g/mol.